The Labute approximate surface area is 153 Å². The van der Waals surface area contributed by atoms with Crippen LogP contribution in [0.15, 0.2) is 33.2 Å². The van der Waals surface area contributed by atoms with Crippen molar-refractivity contribution in [1.29, 1.82) is 0 Å². The second-order valence-corrected chi connectivity index (χ2v) is 6.65. The lowest BCUT2D eigenvalue weighted by molar-refractivity contribution is -0.123. The van der Waals surface area contributed by atoms with Crippen molar-refractivity contribution < 1.29 is 13.9 Å². The molecular weight excluding hydrogens is 386 g/mol. The quantitative estimate of drug-likeness (QED) is 0.703. The number of amides is 1. The molecule has 3 rings (SSSR count). The zero-order chi connectivity index (χ0) is 18.0. The molecule has 0 saturated heterocycles. The van der Waals surface area contributed by atoms with E-state index in [-0.39, 0.29) is 12.5 Å². The van der Waals surface area contributed by atoms with Crippen LogP contribution in [0.25, 0.3) is 11.1 Å². The van der Waals surface area contributed by atoms with Crippen LogP contribution in [-0.4, -0.2) is 22.5 Å². The predicted molar refractivity (Wildman–Crippen MR) is 97.5 cm³/mol. The van der Waals surface area contributed by atoms with E-state index in [1.807, 2.05) is 38.1 Å². The number of hydrogen-bond acceptors (Lipinski definition) is 5. The highest BCUT2D eigenvalue weighted by Gasteiger charge is 2.17. The minimum atomic E-state index is -0.220. The number of furan rings is 1. The first-order valence-corrected chi connectivity index (χ1v) is 8.61. The number of hydrogen-bond donors (Lipinski definition) is 1. The number of nitrogens with one attached hydrogen (secondary N) is 1. The van der Waals surface area contributed by atoms with Gasteiger partial charge in [-0.3, -0.25) is 4.79 Å². The van der Waals surface area contributed by atoms with Crippen molar-refractivity contribution in [3.8, 4) is 5.88 Å². The molecule has 0 spiro atoms. The number of ether oxygens (including phenoxy) is 1. The molecule has 1 amide bonds. The molecule has 2 heterocycles. The predicted octanol–water partition coefficient (Wildman–Crippen LogP) is 3.61. The van der Waals surface area contributed by atoms with Gasteiger partial charge in [0.15, 0.2) is 6.61 Å². The average Bonchev–Trinajstić information content (AvgIpc) is 2.85. The van der Waals surface area contributed by atoms with Gasteiger partial charge in [0, 0.05) is 16.6 Å². The molecule has 1 aromatic carbocycles. The van der Waals surface area contributed by atoms with E-state index in [0.717, 1.165) is 21.4 Å². The smallest absolute Gasteiger partial charge is 0.258 e. The molecule has 0 aliphatic carbocycles. The summed E-state index contributed by atoms with van der Waals surface area (Å²) in [4.78, 5) is 20.6. The number of benzene rings is 1. The molecule has 0 bridgehead atoms. The van der Waals surface area contributed by atoms with Crippen LogP contribution in [0.4, 0.5) is 0 Å². The molecule has 0 unspecified atom stereocenters. The third kappa shape index (κ3) is 3.99. The van der Waals surface area contributed by atoms with Gasteiger partial charge in [0.05, 0.1) is 0 Å². The third-order valence-electron chi connectivity index (χ3n) is 3.83. The van der Waals surface area contributed by atoms with Crippen molar-refractivity contribution in [2.45, 2.75) is 27.3 Å². The number of carbonyl (C=O) groups is 1. The molecule has 7 heteroatoms. The topological polar surface area (TPSA) is 77.2 Å². The second-order valence-electron chi connectivity index (χ2n) is 5.73. The van der Waals surface area contributed by atoms with Crippen molar-refractivity contribution in [3.05, 3.63) is 51.4 Å². The van der Waals surface area contributed by atoms with Gasteiger partial charge in [-0.05, 0) is 38.5 Å². The molecule has 0 atom stereocenters. The van der Waals surface area contributed by atoms with E-state index in [1.54, 1.807) is 6.92 Å². The van der Waals surface area contributed by atoms with Gasteiger partial charge in [-0.15, -0.1) is 0 Å². The highest BCUT2D eigenvalue weighted by atomic mass is 79.9. The largest absolute Gasteiger partial charge is 0.467 e. The monoisotopic (exact) mass is 403 g/mol. The van der Waals surface area contributed by atoms with Gasteiger partial charge in [0.1, 0.15) is 17.0 Å². The molecule has 3 aromatic rings. The summed E-state index contributed by atoms with van der Waals surface area (Å²) < 4.78 is 12.2. The first kappa shape index (κ1) is 17.4. The van der Waals surface area contributed by atoms with Gasteiger partial charge in [0.25, 0.3) is 5.91 Å². The fourth-order valence-corrected chi connectivity index (χ4v) is 2.90. The van der Waals surface area contributed by atoms with Crippen LogP contribution in [0.2, 0.25) is 0 Å². The van der Waals surface area contributed by atoms with Gasteiger partial charge < -0.3 is 14.5 Å². The van der Waals surface area contributed by atoms with Crippen LogP contribution in [0.3, 0.4) is 0 Å². The number of rotatable bonds is 5. The Kier molecular flexibility index (Phi) is 5.03. The van der Waals surface area contributed by atoms with E-state index < -0.39 is 0 Å². The van der Waals surface area contributed by atoms with Crippen LogP contribution >= 0.6 is 15.9 Å². The van der Waals surface area contributed by atoms with E-state index >= 15 is 0 Å². The Morgan fingerprint density at radius 1 is 1.28 bits per heavy atom. The van der Waals surface area contributed by atoms with Gasteiger partial charge in [-0.1, -0.05) is 28.1 Å². The molecule has 25 heavy (non-hydrogen) atoms. The number of aromatic nitrogens is 2. The molecule has 1 N–H and O–H groups in total. The maximum Gasteiger partial charge on any atom is 0.258 e. The molecule has 0 radical (unpaired) electrons. The summed E-state index contributed by atoms with van der Waals surface area (Å²) in [6.07, 6.45) is 0. The molecule has 0 aliphatic rings. The second kappa shape index (κ2) is 7.23. The Bertz CT molecular complexity index is 937. The zero-order valence-corrected chi connectivity index (χ0v) is 15.8. The Morgan fingerprint density at radius 3 is 2.84 bits per heavy atom. The number of halogens is 1. The van der Waals surface area contributed by atoms with Crippen molar-refractivity contribution in [2.75, 3.05) is 6.61 Å². The van der Waals surface area contributed by atoms with Crippen molar-refractivity contribution >= 4 is 32.9 Å². The van der Waals surface area contributed by atoms with Gasteiger partial charge >= 0.3 is 0 Å². The van der Waals surface area contributed by atoms with Crippen LogP contribution in [0, 0.1) is 20.8 Å². The van der Waals surface area contributed by atoms with Crippen LogP contribution in [-0.2, 0) is 11.3 Å². The lowest BCUT2D eigenvalue weighted by Crippen LogP contribution is -2.28. The standard InChI is InChI=1S/C18H18BrN3O3/c1-10-11(2)25-18-16(10)17(21-12(3)22-18)24-9-15(23)20-8-13-5-4-6-14(19)7-13/h4-7H,8-9H2,1-3H3,(H,20,23). The number of carbonyl (C=O) groups excluding carboxylic acids is 1. The zero-order valence-electron chi connectivity index (χ0n) is 14.2. The van der Waals surface area contributed by atoms with E-state index in [1.165, 1.54) is 0 Å². The third-order valence-corrected chi connectivity index (χ3v) is 4.32. The maximum atomic E-state index is 12.1. The summed E-state index contributed by atoms with van der Waals surface area (Å²) >= 11 is 3.41. The van der Waals surface area contributed by atoms with Crippen molar-refractivity contribution in [1.82, 2.24) is 15.3 Å². The van der Waals surface area contributed by atoms with Gasteiger partial charge in [-0.2, -0.15) is 9.97 Å². The van der Waals surface area contributed by atoms with Crippen molar-refractivity contribution in [3.63, 3.8) is 0 Å². The van der Waals surface area contributed by atoms with E-state index in [4.69, 9.17) is 9.15 Å². The molecule has 2 aromatic heterocycles. The van der Waals surface area contributed by atoms with Gasteiger partial charge in [-0.25, -0.2) is 0 Å². The summed E-state index contributed by atoms with van der Waals surface area (Å²) in [5, 5.41) is 3.54. The number of aryl methyl sites for hydroxylation is 3. The molecule has 0 fully saturated rings. The highest BCUT2D eigenvalue weighted by Crippen LogP contribution is 2.30. The van der Waals surface area contributed by atoms with Crippen LogP contribution in [0.1, 0.15) is 22.7 Å². The van der Waals surface area contributed by atoms with E-state index in [2.05, 4.69) is 31.2 Å². The first-order chi connectivity index (χ1) is 11.9. The number of fused-ring (bicyclic) bond motifs is 1. The summed E-state index contributed by atoms with van der Waals surface area (Å²) in [7, 11) is 0. The molecule has 6 nitrogen and oxygen atoms in total. The fraction of sp³-hybridized carbons (Fsp3) is 0.278. The minimum absolute atomic E-state index is 0.122. The van der Waals surface area contributed by atoms with Crippen LogP contribution < -0.4 is 10.1 Å². The summed E-state index contributed by atoms with van der Waals surface area (Å²) in [5.74, 6) is 1.45. The normalized spacial score (nSPS) is 10.9. The van der Waals surface area contributed by atoms with E-state index in [0.29, 0.717) is 29.3 Å². The summed E-state index contributed by atoms with van der Waals surface area (Å²) in [6, 6.07) is 7.76. The maximum absolute atomic E-state index is 12.1. The Morgan fingerprint density at radius 2 is 2.08 bits per heavy atom. The lowest BCUT2D eigenvalue weighted by Gasteiger charge is -2.08. The Balaban J connectivity index is 1.67. The van der Waals surface area contributed by atoms with E-state index in [9.17, 15) is 4.79 Å². The number of nitrogens with zero attached hydrogens (tertiary/aromatic N) is 2. The molecule has 0 saturated carbocycles. The fourth-order valence-electron chi connectivity index (χ4n) is 2.45. The van der Waals surface area contributed by atoms with Gasteiger partial charge in [0.2, 0.25) is 11.6 Å². The molecule has 0 aliphatic heterocycles. The van der Waals surface area contributed by atoms with Crippen LogP contribution in [0.5, 0.6) is 5.88 Å². The molecular formula is C18H18BrN3O3. The first-order valence-electron chi connectivity index (χ1n) is 7.82. The van der Waals surface area contributed by atoms with Crippen molar-refractivity contribution in [2.24, 2.45) is 0 Å². The summed E-state index contributed by atoms with van der Waals surface area (Å²) in [5.41, 5.74) is 2.40. The average molecular weight is 404 g/mol. The SMILES string of the molecule is Cc1nc(OCC(=O)NCc2cccc(Br)c2)c2c(C)c(C)oc2n1. The lowest BCUT2D eigenvalue weighted by atomic mass is 10.2. The minimum Gasteiger partial charge on any atom is -0.467 e. The molecule has 130 valence electrons. The summed E-state index contributed by atoms with van der Waals surface area (Å²) in [6.45, 7) is 5.85. The highest BCUT2D eigenvalue weighted by molar-refractivity contribution is 9.10. The Hall–Kier alpha value is -2.41.